The third-order valence-electron chi connectivity index (χ3n) is 2.90. The van der Waals surface area contributed by atoms with Gasteiger partial charge in [-0.05, 0) is 79.7 Å². The lowest BCUT2D eigenvalue weighted by Gasteiger charge is -2.13. The van der Waals surface area contributed by atoms with Crippen LogP contribution in [0.5, 0.6) is 5.75 Å². The van der Waals surface area contributed by atoms with Gasteiger partial charge in [0.25, 0.3) is 0 Å². The second-order valence-corrected chi connectivity index (χ2v) is 6.65. The van der Waals surface area contributed by atoms with Crippen LogP contribution in [0.15, 0.2) is 39.3 Å². The Morgan fingerprint density at radius 3 is 2.35 bits per heavy atom. The summed E-state index contributed by atoms with van der Waals surface area (Å²) in [4.78, 5) is 0. The summed E-state index contributed by atoms with van der Waals surface area (Å²) in [5.41, 5.74) is 2.99. The largest absolute Gasteiger partial charge is 0.487 e. The van der Waals surface area contributed by atoms with Crippen molar-refractivity contribution in [2.75, 3.05) is 0 Å². The molecule has 106 valence electrons. The van der Waals surface area contributed by atoms with Gasteiger partial charge < -0.3 is 4.74 Å². The molecule has 0 aliphatic heterocycles. The highest BCUT2D eigenvalue weighted by atomic mass is 79.9. The molecule has 1 nitrogen and oxygen atoms in total. The van der Waals surface area contributed by atoms with Crippen LogP contribution in [0.4, 0.5) is 4.39 Å². The van der Waals surface area contributed by atoms with Crippen molar-refractivity contribution in [3.8, 4) is 5.75 Å². The Morgan fingerprint density at radius 1 is 1.10 bits per heavy atom. The van der Waals surface area contributed by atoms with Gasteiger partial charge in [-0.15, -0.1) is 0 Å². The summed E-state index contributed by atoms with van der Waals surface area (Å²) in [5.74, 6) is 0.473. The SMILES string of the molecule is Cc1ccc(F)cc1COc1c(Br)cc(CBr)cc1Br. The van der Waals surface area contributed by atoms with Gasteiger partial charge in [0.1, 0.15) is 18.2 Å². The van der Waals surface area contributed by atoms with E-state index in [1.807, 2.05) is 19.1 Å². The number of hydrogen-bond donors (Lipinski definition) is 0. The fraction of sp³-hybridized carbons (Fsp3) is 0.200. The molecule has 0 saturated heterocycles. The average Bonchev–Trinajstić information content (AvgIpc) is 2.41. The molecular formula is C15H12Br3FO. The van der Waals surface area contributed by atoms with E-state index < -0.39 is 0 Å². The summed E-state index contributed by atoms with van der Waals surface area (Å²) in [7, 11) is 0. The van der Waals surface area contributed by atoms with E-state index in [1.54, 1.807) is 6.07 Å². The zero-order chi connectivity index (χ0) is 14.7. The lowest BCUT2D eigenvalue weighted by molar-refractivity contribution is 0.301. The highest BCUT2D eigenvalue weighted by Gasteiger charge is 2.10. The van der Waals surface area contributed by atoms with Crippen LogP contribution in [0.2, 0.25) is 0 Å². The third kappa shape index (κ3) is 3.83. The number of aryl methyl sites for hydroxylation is 1. The highest BCUT2D eigenvalue weighted by Crippen LogP contribution is 2.36. The smallest absolute Gasteiger partial charge is 0.148 e. The molecule has 0 N–H and O–H groups in total. The Labute approximate surface area is 142 Å². The van der Waals surface area contributed by atoms with E-state index in [2.05, 4.69) is 47.8 Å². The lowest BCUT2D eigenvalue weighted by atomic mass is 10.1. The van der Waals surface area contributed by atoms with Gasteiger partial charge >= 0.3 is 0 Å². The number of hydrogen-bond acceptors (Lipinski definition) is 1. The van der Waals surface area contributed by atoms with Crippen molar-refractivity contribution in [1.82, 2.24) is 0 Å². The summed E-state index contributed by atoms with van der Waals surface area (Å²) in [6.07, 6.45) is 0. The minimum atomic E-state index is -0.248. The maximum absolute atomic E-state index is 13.3. The minimum absolute atomic E-state index is 0.248. The van der Waals surface area contributed by atoms with E-state index in [-0.39, 0.29) is 5.82 Å². The van der Waals surface area contributed by atoms with Crippen LogP contribution in [0, 0.1) is 12.7 Å². The summed E-state index contributed by atoms with van der Waals surface area (Å²) < 4.78 is 20.8. The van der Waals surface area contributed by atoms with Gasteiger partial charge in [0.15, 0.2) is 0 Å². The van der Waals surface area contributed by atoms with Gasteiger partial charge in [-0.25, -0.2) is 4.39 Å². The molecular weight excluding hydrogens is 455 g/mol. The Balaban J connectivity index is 2.21. The van der Waals surface area contributed by atoms with Crippen LogP contribution < -0.4 is 4.74 Å². The first-order valence-corrected chi connectivity index (χ1v) is 8.63. The minimum Gasteiger partial charge on any atom is -0.487 e. The summed E-state index contributed by atoms with van der Waals surface area (Å²) in [6.45, 7) is 2.27. The Morgan fingerprint density at radius 2 is 1.75 bits per heavy atom. The van der Waals surface area contributed by atoms with Crippen LogP contribution in [0.25, 0.3) is 0 Å². The zero-order valence-corrected chi connectivity index (χ0v) is 15.5. The maximum atomic E-state index is 13.3. The van der Waals surface area contributed by atoms with Gasteiger partial charge in [-0.3, -0.25) is 0 Å². The summed E-state index contributed by atoms with van der Waals surface area (Å²) in [6, 6.07) is 8.70. The molecule has 0 fully saturated rings. The normalized spacial score (nSPS) is 10.7. The second-order valence-electron chi connectivity index (χ2n) is 4.38. The molecule has 0 radical (unpaired) electrons. The maximum Gasteiger partial charge on any atom is 0.148 e. The van der Waals surface area contributed by atoms with Crippen molar-refractivity contribution in [3.63, 3.8) is 0 Å². The molecule has 0 amide bonds. The van der Waals surface area contributed by atoms with Crippen molar-refractivity contribution in [2.45, 2.75) is 18.9 Å². The standard InChI is InChI=1S/C15H12Br3FO/c1-9-2-3-12(19)6-11(9)8-20-15-13(17)4-10(7-16)5-14(15)18/h2-6H,7-8H2,1H3. The second kappa shape index (κ2) is 7.05. The quantitative estimate of drug-likeness (QED) is 0.492. The average molecular weight is 467 g/mol. The summed E-state index contributed by atoms with van der Waals surface area (Å²) in [5, 5.41) is 0.771. The van der Waals surface area contributed by atoms with E-state index in [0.717, 1.165) is 36.7 Å². The molecule has 0 atom stereocenters. The molecule has 0 aliphatic rings. The molecule has 0 heterocycles. The van der Waals surface area contributed by atoms with Crippen LogP contribution in [0.3, 0.4) is 0 Å². The number of ether oxygens (including phenoxy) is 1. The molecule has 2 rings (SSSR count). The van der Waals surface area contributed by atoms with Crippen molar-refractivity contribution in [1.29, 1.82) is 0 Å². The van der Waals surface area contributed by atoms with Gasteiger partial charge in [-0.1, -0.05) is 22.0 Å². The molecule has 0 spiro atoms. The monoisotopic (exact) mass is 464 g/mol. The molecule has 5 heteroatoms. The lowest BCUT2D eigenvalue weighted by Crippen LogP contribution is -2.00. The van der Waals surface area contributed by atoms with E-state index in [1.165, 1.54) is 12.1 Å². The van der Waals surface area contributed by atoms with Crippen LogP contribution in [-0.4, -0.2) is 0 Å². The van der Waals surface area contributed by atoms with Crippen molar-refractivity contribution >= 4 is 47.8 Å². The van der Waals surface area contributed by atoms with Gasteiger partial charge in [0.05, 0.1) is 8.95 Å². The number of halogens is 4. The topological polar surface area (TPSA) is 9.23 Å². The molecule has 2 aromatic rings. The highest BCUT2D eigenvalue weighted by molar-refractivity contribution is 9.11. The molecule has 0 aromatic heterocycles. The third-order valence-corrected chi connectivity index (χ3v) is 4.72. The molecule has 0 aliphatic carbocycles. The molecule has 0 bridgehead atoms. The van der Waals surface area contributed by atoms with E-state index in [0.29, 0.717) is 6.61 Å². The van der Waals surface area contributed by atoms with Gasteiger partial charge in [0, 0.05) is 5.33 Å². The van der Waals surface area contributed by atoms with E-state index in [9.17, 15) is 4.39 Å². The van der Waals surface area contributed by atoms with Crippen molar-refractivity contribution in [3.05, 3.63) is 61.8 Å². The molecule has 0 unspecified atom stereocenters. The zero-order valence-electron chi connectivity index (χ0n) is 10.7. The first kappa shape index (κ1) is 16.0. The Hall–Kier alpha value is -0.390. The predicted octanol–water partition coefficient (Wildman–Crippen LogP) is 6.13. The van der Waals surface area contributed by atoms with Gasteiger partial charge in [-0.2, -0.15) is 0 Å². The fourth-order valence-electron chi connectivity index (χ4n) is 1.77. The van der Waals surface area contributed by atoms with E-state index >= 15 is 0 Å². The molecule has 20 heavy (non-hydrogen) atoms. The van der Waals surface area contributed by atoms with E-state index in [4.69, 9.17) is 4.74 Å². The molecule has 0 saturated carbocycles. The molecule has 2 aromatic carbocycles. The van der Waals surface area contributed by atoms with Crippen molar-refractivity contribution in [2.24, 2.45) is 0 Å². The van der Waals surface area contributed by atoms with Crippen LogP contribution in [0.1, 0.15) is 16.7 Å². The van der Waals surface area contributed by atoms with Crippen LogP contribution in [-0.2, 0) is 11.9 Å². The first-order chi connectivity index (χ1) is 9.51. The first-order valence-electron chi connectivity index (χ1n) is 5.93. The van der Waals surface area contributed by atoms with Crippen LogP contribution >= 0.6 is 47.8 Å². The predicted molar refractivity (Wildman–Crippen MR) is 89.9 cm³/mol. The van der Waals surface area contributed by atoms with Gasteiger partial charge in [0.2, 0.25) is 0 Å². The fourth-order valence-corrected chi connectivity index (χ4v) is 3.61. The Bertz CT molecular complexity index is 606. The number of benzene rings is 2. The summed E-state index contributed by atoms with van der Waals surface area (Å²) >= 11 is 10.4. The number of alkyl halides is 1. The van der Waals surface area contributed by atoms with Crippen molar-refractivity contribution < 1.29 is 9.13 Å². The Kier molecular flexibility index (Phi) is 5.64. The number of rotatable bonds is 4.